The monoisotopic (exact) mass is 191 g/mol. The summed E-state index contributed by atoms with van der Waals surface area (Å²) in [6.07, 6.45) is 1.23. The van der Waals surface area contributed by atoms with Gasteiger partial charge >= 0.3 is 0 Å². The Bertz CT molecular complexity index is 273. The molecule has 0 aliphatic carbocycles. The van der Waals surface area contributed by atoms with Crippen molar-refractivity contribution in [2.45, 2.75) is 19.4 Å². The molecule has 2 heteroatoms. The molecular weight excluding hydrogens is 174 g/mol. The van der Waals surface area contributed by atoms with Crippen molar-refractivity contribution in [2.24, 2.45) is 5.92 Å². The van der Waals surface area contributed by atoms with Gasteiger partial charge in [0.15, 0.2) is 0 Å². The molecule has 0 radical (unpaired) electrons. The molecule has 0 amide bonds. The van der Waals surface area contributed by atoms with Gasteiger partial charge in [0.2, 0.25) is 0 Å². The van der Waals surface area contributed by atoms with Crippen molar-refractivity contribution in [1.29, 1.82) is 0 Å². The number of hydrogen-bond donors (Lipinski definition) is 1. The van der Waals surface area contributed by atoms with E-state index < -0.39 is 0 Å². The predicted octanol–water partition coefficient (Wildman–Crippen LogP) is 2.06. The van der Waals surface area contributed by atoms with Gasteiger partial charge in [-0.3, -0.25) is 0 Å². The van der Waals surface area contributed by atoms with Crippen molar-refractivity contribution >= 4 is 0 Å². The average Bonchev–Trinajstić information content (AvgIpc) is 2.63. The highest BCUT2D eigenvalue weighted by molar-refractivity contribution is 5.20. The Kier molecular flexibility index (Phi) is 3.04. The first kappa shape index (κ1) is 9.53. The van der Waals surface area contributed by atoms with Crippen molar-refractivity contribution in [1.82, 2.24) is 5.32 Å². The molecular formula is C12H17NO. The summed E-state index contributed by atoms with van der Waals surface area (Å²) in [5.41, 5.74) is 0. The molecule has 2 atom stereocenters. The molecule has 1 heterocycles. The topological polar surface area (TPSA) is 21.3 Å². The van der Waals surface area contributed by atoms with Crippen molar-refractivity contribution < 1.29 is 4.74 Å². The smallest absolute Gasteiger partial charge is 0.119 e. The second-order valence-electron chi connectivity index (χ2n) is 4.07. The Hall–Kier alpha value is -1.02. The van der Waals surface area contributed by atoms with Crippen LogP contribution >= 0.6 is 0 Å². The molecule has 1 saturated heterocycles. The Morgan fingerprint density at radius 1 is 1.36 bits per heavy atom. The zero-order chi connectivity index (χ0) is 9.80. The van der Waals surface area contributed by atoms with Gasteiger partial charge in [0, 0.05) is 6.04 Å². The maximum absolute atomic E-state index is 5.68. The highest BCUT2D eigenvalue weighted by Crippen LogP contribution is 2.15. The standard InChI is InChI=1S/C12H17NO/c1-10-7-11(13-8-10)9-14-12-5-3-2-4-6-12/h2-6,10-11,13H,7-9H2,1H3/t10-,11+/m0/s1. The van der Waals surface area contributed by atoms with Crippen LogP contribution in [0.3, 0.4) is 0 Å². The molecule has 1 aliphatic heterocycles. The summed E-state index contributed by atoms with van der Waals surface area (Å²) in [5, 5.41) is 3.45. The summed E-state index contributed by atoms with van der Waals surface area (Å²) >= 11 is 0. The molecule has 1 aromatic carbocycles. The van der Waals surface area contributed by atoms with Crippen LogP contribution in [0.15, 0.2) is 30.3 Å². The van der Waals surface area contributed by atoms with E-state index in [1.165, 1.54) is 6.42 Å². The van der Waals surface area contributed by atoms with Crippen molar-refractivity contribution in [3.05, 3.63) is 30.3 Å². The lowest BCUT2D eigenvalue weighted by molar-refractivity contribution is 0.275. The lowest BCUT2D eigenvalue weighted by Crippen LogP contribution is -2.28. The van der Waals surface area contributed by atoms with Gasteiger partial charge in [-0.15, -0.1) is 0 Å². The molecule has 0 spiro atoms. The molecule has 0 saturated carbocycles. The number of hydrogen-bond acceptors (Lipinski definition) is 2. The van der Waals surface area contributed by atoms with Crippen molar-refractivity contribution in [3.8, 4) is 5.75 Å². The van der Waals surface area contributed by atoms with Gasteiger partial charge in [-0.05, 0) is 31.0 Å². The summed E-state index contributed by atoms with van der Waals surface area (Å²) in [6.45, 7) is 4.19. The van der Waals surface area contributed by atoms with E-state index in [2.05, 4.69) is 12.2 Å². The number of benzene rings is 1. The third kappa shape index (κ3) is 2.48. The fourth-order valence-corrected chi connectivity index (χ4v) is 1.86. The fourth-order valence-electron chi connectivity index (χ4n) is 1.86. The lowest BCUT2D eigenvalue weighted by atomic mass is 10.1. The van der Waals surface area contributed by atoms with Crippen LogP contribution < -0.4 is 10.1 Å². The number of para-hydroxylation sites is 1. The molecule has 1 aromatic rings. The fraction of sp³-hybridized carbons (Fsp3) is 0.500. The summed E-state index contributed by atoms with van der Waals surface area (Å²) in [4.78, 5) is 0. The molecule has 0 aromatic heterocycles. The first-order valence-corrected chi connectivity index (χ1v) is 5.26. The van der Waals surface area contributed by atoms with Crippen LogP contribution in [0.4, 0.5) is 0 Å². The van der Waals surface area contributed by atoms with E-state index in [0.717, 1.165) is 24.8 Å². The Labute approximate surface area is 85.3 Å². The van der Waals surface area contributed by atoms with E-state index in [4.69, 9.17) is 4.74 Å². The van der Waals surface area contributed by atoms with Crippen LogP contribution in [-0.4, -0.2) is 19.2 Å². The van der Waals surface area contributed by atoms with E-state index in [9.17, 15) is 0 Å². The number of ether oxygens (including phenoxy) is 1. The van der Waals surface area contributed by atoms with Crippen LogP contribution in [0, 0.1) is 5.92 Å². The van der Waals surface area contributed by atoms with Crippen LogP contribution in [-0.2, 0) is 0 Å². The van der Waals surface area contributed by atoms with Crippen molar-refractivity contribution in [2.75, 3.05) is 13.2 Å². The number of nitrogens with one attached hydrogen (secondary N) is 1. The Balaban J connectivity index is 1.78. The molecule has 1 N–H and O–H groups in total. The second kappa shape index (κ2) is 4.47. The maximum atomic E-state index is 5.68. The van der Waals surface area contributed by atoms with Gasteiger partial charge in [0.05, 0.1) is 0 Å². The first-order chi connectivity index (χ1) is 6.84. The van der Waals surface area contributed by atoms with Crippen molar-refractivity contribution in [3.63, 3.8) is 0 Å². The van der Waals surface area contributed by atoms with E-state index in [0.29, 0.717) is 6.04 Å². The third-order valence-corrected chi connectivity index (χ3v) is 2.64. The maximum Gasteiger partial charge on any atom is 0.119 e. The van der Waals surface area contributed by atoms with Gasteiger partial charge in [-0.2, -0.15) is 0 Å². The first-order valence-electron chi connectivity index (χ1n) is 5.26. The highest BCUT2D eigenvalue weighted by Gasteiger charge is 2.20. The largest absolute Gasteiger partial charge is 0.492 e. The van der Waals surface area contributed by atoms with E-state index in [1.807, 2.05) is 30.3 Å². The summed E-state index contributed by atoms with van der Waals surface area (Å²) < 4.78 is 5.68. The molecule has 1 fully saturated rings. The highest BCUT2D eigenvalue weighted by atomic mass is 16.5. The molecule has 76 valence electrons. The second-order valence-corrected chi connectivity index (χ2v) is 4.07. The zero-order valence-electron chi connectivity index (χ0n) is 8.57. The van der Waals surface area contributed by atoms with Crippen LogP contribution in [0.5, 0.6) is 5.75 Å². The lowest BCUT2D eigenvalue weighted by Gasteiger charge is -2.11. The minimum atomic E-state index is 0.533. The molecule has 0 bridgehead atoms. The zero-order valence-corrected chi connectivity index (χ0v) is 8.57. The van der Waals surface area contributed by atoms with Gasteiger partial charge in [-0.25, -0.2) is 0 Å². The summed E-state index contributed by atoms with van der Waals surface area (Å²) in [6, 6.07) is 10.5. The SMILES string of the molecule is C[C@@H]1CN[C@@H](COc2ccccc2)C1. The Morgan fingerprint density at radius 2 is 2.14 bits per heavy atom. The molecule has 2 rings (SSSR count). The average molecular weight is 191 g/mol. The van der Waals surface area contributed by atoms with Gasteiger partial charge < -0.3 is 10.1 Å². The molecule has 1 aliphatic rings. The number of rotatable bonds is 3. The molecule has 14 heavy (non-hydrogen) atoms. The van der Waals surface area contributed by atoms with E-state index >= 15 is 0 Å². The summed E-state index contributed by atoms with van der Waals surface area (Å²) in [7, 11) is 0. The Morgan fingerprint density at radius 3 is 2.79 bits per heavy atom. The van der Waals surface area contributed by atoms with E-state index in [-0.39, 0.29) is 0 Å². The van der Waals surface area contributed by atoms with E-state index in [1.54, 1.807) is 0 Å². The van der Waals surface area contributed by atoms with Crippen LogP contribution in [0.1, 0.15) is 13.3 Å². The van der Waals surface area contributed by atoms with Crippen LogP contribution in [0.2, 0.25) is 0 Å². The van der Waals surface area contributed by atoms with Gasteiger partial charge in [0.1, 0.15) is 12.4 Å². The minimum absolute atomic E-state index is 0.533. The quantitative estimate of drug-likeness (QED) is 0.789. The third-order valence-electron chi connectivity index (χ3n) is 2.64. The minimum Gasteiger partial charge on any atom is -0.492 e. The van der Waals surface area contributed by atoms with Gasteiger partial charge in [-0.1, -0.05) is 25.1 Å². The van der Waals surface area contributed by atoms with Crippen LogP contribution in [0.25, 0.3) is 0 Å². The summed E-state index contributed by atoms with van der Waals surface area (Å²) in [5.74, 6) is 1.76. The molecule has 0 unspecified atom stereocenters. The predicted molar refractivity (Wildman–Crippen MR) is 57.5 cm³/mol. The normalized spacial score (nSPS) is 26.4. The van der Waals surface area contributed by atoms with Gasteiger partial charge in [0.25, 0.3) is 0 Å². The molecule has 2 nitrogen and oxygen atoms in total.